The van der Waals surface area contributed by atoms with Crippen molar-refractivity contribution in [1.29, 1.82) is 0 Å². The molecule has 1 N–H and O–H groups in total. The molecule has 0 saturated carbocycles. The van der Waals surface area contributed by atoms with Gasteiger partial charge in [0.15, 0.2) is 17.0 Å². The number of piperidine rings is 1. The van der Waals surface area contributed by atoms with Gasteiger partial charge in [0.2, 0.25) is 5.91 Å². The zero-order valence-corrected chi connectivity index (χ0v) is 16.8. The van der Waals surface area contributed by atoms with Crippen LogP contribution in [0.3, 0.4) is 0 Å². The van der Waals surface area contributed by atoms with Gasteiger partial charge in [-0.1, -0.05) is 12.1 Å². The standard InChI is InChI=1S/C22H26N6O/c1-15-6-4-8-17(12-15)25-22(29)16-7-5-10-27(13-16)20-19-21(24-14-23-20)28-11-3-2-9-18(28)26-19/h4,6,8,12,14,16H,2-3,5,7,9-11,13H2,1H3,(H,25,29). The van der Waals surface area contributed by atoms with Gasteiger partial charge >= 0.3 is 0 Å². The maximum absolute atomic E-state index is 12.9. The zero-order valence-electron chi connectivity index (χ0n) is 16.8. The Kier molecular flexibility index (Phi) is 4.66. The molecule has 1 fully saturated rings. The fraction of sp³-hybridized carbons (Fsp3) is 0.455. The van der Waals surface area contributed by atoms with Crippen molar-refractivity contribution in [2.75, 3.05) is 23.3 Å². The molecule has 1 unspecified atom stereocenters. The summed E-state index contributed by atoms with van der Waals surface area (Å²) in [7, 11) is 0. The monoisotopic (exact) mass is 390 g/mol. The molecule has 3 aromatic rings. The minimum Gasteiger partial charge on any atom is -0.354 e. The molecule has 1 atom stereocenters. The van der Waals surface area contributed by atoms with Crippen LogP contribution in [0.5, 0.6) is 0 Å². The summed E-state index contributed by atoms with van der Waals surface area (Å²) < 4.78 is 2.23. The van der Waals surface area contributed by atoms with Gasteiger partial charge in [0.1, 0.15) is 12.2 Å². The van der Waals surface area contributed by atoms with Gasteiger partial charge in [-0.05, 0) is 50.3 Å². The summed E-state index contributed by atoms with van der Waals surface area (Å²) >= 11 is 0. The van der Waals surface area contributed by atoms with Crippen LogP contribution in [0.4, 0.5) is 11.5 Å². The highest BCUT2D eigenvalue weighted by molar-refractivity contribution is 5.93. The first kappa shape index (κ1) is 18.1. The highest BCUT2D eigenvalue weighted by Gasteiger charge is 2.29. The molecule has 1 saturated heterocycles. The third kappa shape index (κ3) is 3.45. The number of aromatic nitrogens is 4. The first-order valence-electron chi connectivity index (χ1n) is 10.5. The van der Waals surface area contributed by atoms with E-state index >= 15 is 0 Å². The third-order valence-corrected chi connectivity index (χ3v) is 6.00. The maximum Gasteiger partial charge on any atom is 0.229 e. The van der Waals surface area contributed by atoms with Gasteiger partial charge in [-0.15, -0.1) is 0 Å². The van der Waals surface area contributed by atoms with Gasteiger partial charge in [0, 0.05) is 31.7 Å². The predicted molar refractivity (Wildman–Crippen MR) is 113 cm³/mol. The van der Waals surface area contributed by atoms with Gasteiger partial charge in [0.05, 0.1) is 5.92 Å². The summed E-state index contributed by atoms with van der Waals surface area (Å²) in [6.45, 7) is 4.56. The van der Waals surface area contributed by atoms with Crippen LogP contribution in [-0.4, -0.2) is 38.5 Å². The molecule has 5 rings (SSSR count). The smallest absolute Gasteiger partial charge is 0.229 e. The van der Waals surface area contributed by atoms with Gasteiger partial charge in [-0.25, -0.2) is 15.0 Å². The van der Waals surface area contributed by atoms with E-state index in [1.807, 2.05) is 31.2 Å². The lowest BCUT2D eigenvalue weighted by molar-refractivity contribution is -0.120. The van der Waals surface area contributed by atoms with E-state index in [1.54, 1.807) is 6.33 Å². The molecular weight excluding hydrogens is 364 g/mol. The first-order chi connectivity index (χ1) is 14.2. The number of anilines is 2. The van der Waals surface area contributed by atoms with Crippen LogP contribution in [0.15, 0.2) is 30.6 Å². The van der Waals surface area contributed by atoms with Crippen molar-refractivity contribution in [2.45, 2.75) is 45.6 Å². The first-order valence-corrected chi connectivity index (χ1v) is 10.5. The fourth-order valence-electron chi connectivity index (χ4n) is 4.53. The van der Waals surface area contributed by atoms with Crippen LogP contribution in [0.1, 0.15) is 37.1 Å². The number of imidazole rings is 1. The number of fused-ring (bicyclic) bond motifs is 3. The lowest BCUT2D eigenvalue weighted by Gasteiger charge is -2.32. The number of hydrogen-bond acceptors (Lipinski definition) is 5. The van der Waals surface area contributed by atoms with Crippen molar-refractivity contribution in [3.05, 3.63) is 42.0 Å². The number of aryl methyl sites for hydroxylation is 3. The summed E-state index contributed by atoms with van der Waals surface area (Å²) in [5, 5.41) is 3.08. The maximum atomic E-state index is 12.9. The van der Waals surface area contributed by atoms with Crippen LogP contribution in [0, 0.1) is 12.8 Å². The van der Waals surface area contributed by atoms with Crippen molar-refractivity contribution in [1.82, 2.24) is 19.5 Å². The van der Waals surface area contributed by atoms with E-state index in [1.165, 1.54) is 12.8 Å². The molecule has 0 spiro atoms. The van der Waals surface area contributed by atoms with Crippen LogP contribution in [-0.2, 0) is 17.8 Å². The second-order valence-electron chi connectivity index (χ2n) is 8.15. The highest BCUT2D eigenvalue weighted by atomic mass is 16.1. The molecule has 7 heteroatoms. The minimum atomic E-state index is -0.0634. The van der Waals surface area contributed by atoms with Crippen LogP contribution in [0.25, 0.3) is 11.2 Å². The lowest BCUT2D eigenvalue weighted by Crippen LogP contribution is -2.41. The highest BCUT2D eigenvalue weighted by Crippen LogP contribution is 2.30. The molecule has 29 heavy (non-hydrogen) atoms. The number of rotatable bonds is 3. The Labute approximate surface area is 170 Å². The Morgan fingerprint density at radius 2 is 2.10 bits per heavy atom. The predicted octanol–water partition coefficient (Wildman–Crippen LogP) is 3.33. The van der Waals surface area contributed by atoms with E-state index in [2.05, 4.69) is 24.8 Å². The summed E-state index contributed by atoms with van der Waals surface area (Å²) in [4.78, 5) is 29.1. The van der Waals surface area contributed by atoms with Crippen molar-refractivity contribution < 1.29 is 4.79 Å². The average molecular weight is 390 g/mol. The van der Waals surface area contributed by atoms with Crippen molar-refractivity contribution in [3.8, 4) is 0 Å². The molecule has 0 aliphatic carbocycles. The van der Waals surface area contributed by atoms with E-state index in [0.29, 0.717) is 6.54 Å². The molecule has 2 aromatic heterocycles. The van der Waals surface area contributed by atoms with Crippen molar-refractivity contribution >= 4 is 28.6 Å². The minimum absolute atomic E-state index is 0.0634. The molecule has 150 valence electrons. The van der Waals surface area contributed by atoms with E-state index < -0.39 is 0 Å². The quantitative estimate of drug-likeness (QED) is 0.742. The number of benzene rings is 1. The Hall–Kier alpha value is -2.96. The number of nitrogens with zero attached hydrogens (tertiary/aromatic N) is 5. The Morgan fingerprint density at radius 3 is 3.00 bits per heavy atom. The third-order valence-electron chi connectivity index (χ3n) is 6.00. The van der Waals surface area contributed by atoms with E-state index in [4.69, 9.17) is 4.98 Å². The van der Waals surface area contributed by atoms with Gasteiger partial charge < -0.3 is 14.8 Å². The van der Waals surface area contributed by atoms with Crippen molar-refractivity contribution in [3.63, 3.8) is 0 Å². The normalized spacial score (nSPS) is 19.2. The SMILES string of the molecule is Cc1cccc(NC(=O)C2CCCN(c3ncnc4c3nc3n4CCCC3)C2)c1. The Morgan fingerprint density at radius 1 is 1.17 bits per heavy atom. The molecule has 0 radical (unpaired) electrons. The van der Waals surface area contributed by atoms with Gasteiger partial charge in [-0.2, -0.15) is 0 Å². The molecule has 4 heterocycles. The number of carbonyl (C=O) groups excluding carboxylic acids is 1. The van der Waals surface area contributed by atoms with Gasteiger partial charge in [0.25, 0.3) is 0 Å². The second-order valence-corrected chi connectivity index (χ2v) is 8.15. The number of amides is 1. The summed E-state index contributed by atoms with van der Waals surface area (Å²) in [6, 6.07) is 7.94. The molecule has 2 aliphatic heterocycles. The summed E-state index contributed by atoms with van der Waals surface area (Å²) in [5.41, 5.74) is 3.80. The average Bonchev–Trinajstić information content (AvgIpc) is 3.13. The van der Waals surface area contributed by atoms with Crippen LogP contribution < -0.4 is 10.2 Å². The summed E-state index contributed by atoms with van der Waals surface area (Å²) in [6.07, 6.45) is 6.84. The molecule has 0 bridgehead atoms. The largest absolute Gasteiger partial charge is 0.354 e. The summed E-state index contributed by atoms with van der Waals surface area (Å²) in [5.74, 6) is 1.99. The number of carbonyl (C=O) groups is 1. The Bertz CT molecular complexity index is 1060. The second kappa shape index (κ2) is 7.46. The topological polar surface area (TPSA) is 75.9 Å². The van der Waals surface area contributed by atoms with E-state index in [0.717, 1.165) is 66.4 Å². The fourth-order valence-corrected chi connectivity index (χ4v) is 4.53. The van der Waals surface area contributed by atoms with E-state index in [9.17, 15) is 4.79 Å². The van der Waals surface area contributed by atoms with Gasteiger partial charge in [-0.3, -0.25) is 4.79 Å². The van der Waals surface area contributed by atoms with Crippen LogP contribution in [0.2, 0.25) is 0 Å². The Balaban J connectivity index is 1.38. The zero-order chi connectivity index (χ0) is 19.8. The molecule has 1 amide bonds. The molecule has 7 nitrogen and oxygen atoms in total. The molecule has 1 aromatic carbocycles. The van der Waals surface area contributed by atoms with Crippen molar-refractivity contribution in [2.24, 2.45) is 5.92 Å². The molecule has 2 aliphatic rings. The van der Waals surface area contributed by atoms with Crippen LogP contribution >= 0.6 is 0 Å². The van der Waals surface area contributed by atoms with E-state index in [-0.39, 0.29) is 11.8 Å². The number of hydrogen-bond donors (Lipinski definition) is 1. The molecular formula is C22H26N6O. The number of nitrogens with one attached hydrogen (secondary N) is 1. The lowest BCUT2D eigenvalue weighted by atomic mass is 9.97.